The van der Waals surface area contributed by atoms with Crippen LogP contribution in [0.4, 0.5) is 0 Å². The summed E-state index contributed by atoms with van der Waals surface area (Å²) in [5.41, 5.74) is -0.155. The minimum absolute atomic E-state index is 0.0360. The maximum atomic E-state index is 11.9. The molecule has 0 atom stereocenters. The van der Waals surface area contributed by atoms with E-state index in [1.807, 2.05) is 0 Å². The second-order valence-corrected chi connectivity index (χ2v) is 4.06. The number of benzene rings is 1. The van der Waals surface area contributed by atoms with Gasteiger partial charge in [0.25, 0.3) is 0 Å². The molecule has 1 aromatic rings. The van der Waals surface area contributed by atoms with E-state index in [1.165, 1.54) is 26.0 Å². The second kappa shape index (κ2) is 5.08. The van der Waals surface area contributed by atoms with Crippen LogP contribution in [-0.2, 0) is 9.59 Å². The number of fused-ring (bicyclic) bond motifs is 1. The molecule has 0 N–H and O–H groups in total. The van der Waals surface area contributed by atoms with Crippen LogP contribution >= 0.6 is 0 Å². The van der Waals surface area contributed by atoms with E-state index in [0.29, 0.717) is 0 Å². The highest BCUT2D eigenvalue weighted by molar-refractivity contribution is 6.24. The first kappa shape index (κ1) is 13.7. The molecule has 0 aliphatic heterocycles. The molecular weight excluding hydrogens is 264 g/mol. The van der Waals surface area contributed by atoms with E-state index in [-0.39, 0.29) is 22.6 Å². The minimum atomic E-state index is -0.623. The van der Waals surface area contributed by atoms with Crippen LogP contribution in [0.3, 0.4) is 0 Å². The van der Waals surface area contributed by atoms with Crippen molar-refractivity contribution in [2.75, 3.05) is 0 Å². The van der Waals surface area contributed by atoms with Crippen LogP contribution in [0, 0.1) is 0 Å². The normalized spacial score (nSPS) is 12.9. The maximum absolute atomic E-state index is 11.9. The molecule has 2 rings (SSSR count). The van der Waals surface area contributed by atoms with Crippen LogP contribution in [0.5, 0.6) is 11.5 Å². The molecule has 1 aliphatic carbocycles. The van der Waals surface area contributed by atoms with Crippen molar-refractivity contribution in [2.45, 2.75) is 13.8 Å². The van der Waals surface area contributed by atoms with Crippen molar-refractivity contribution in [3.05, 3.63) is 35.4 Å². The first-order valence-electron chi connectivity index (χ1n) is 5.70. The fourth-order valence-electron chi connectivity index (χ4n) is 1.85. The van der Waals surface area contributed by atoms with Gasteiger partial charge in [-0.25, -0.2) is 0 Å². The first-order valence-corrected chi connectivity index (χ1v) is 5.70. The fourth-order valence-corrected chi connectivity index (χ4v) is 1.85. The largest absolute Gasteiger partial charge is 0.426 e. The molecule has 0 spiro atoms. The molecule has 0 saturated carbocycles. The predicted octanol–water partition coefficient (Wildman–Crippen LogP) is 1.47. The number of allylic oxidation sites excluding steroid dienone is 2. The molecular formula is C14H10O6. The summed E-state index contributed by atoms with van der Waals surface area (Å²) in [7, 11) is 0. The molecule has 0 amide bonds. The van der Waals surface area contributed by atoms with Gasteiger partial charge in [-0.1, -0.05) is 0 Å². The van der Waals surface area contributed by atoms with Gasteiger partial charge in [0.05, 0.1) is 11.1 Å². The van der Waals surface area contributed by atoms with Crippen LogP contribution in [0.15, 0.2) is 24.3 Å². The summed E-state index contributed by atoms with van der Waals surface area (Å²) in [6.45, 7) is 2.36. The van der Waals surface area contributed by atoms with E-state index in [4.69, 9.17) is 9.47 Å². The SMILES string of the molecule is CC(=O)Oc1ccc(OC(C)=O)c2c1C(=O)C=CC2=O. The number of ketones is 2. The average molecular weight is 274 g/mol. The van der Waals surface area contributed by atoms with Crippen LogP contribution in [-0.4, -0.2) is 23.5 Å². The van der Waals surface area contributed by atoms with E-state index in [1.54, 1.807) is 0 Å². The Morgan fingerprint density at radius 3 is 1.45 bits per heavy atom. The number of ether oxygens (including phenoxy) is 2. The molecule has 1 aromatic carbocycles. The quantitative estimate of drug-likeness (QED) is 0.599. The van der Waals surface area contributed by atoms with Gasteiger partial charge in [0.1, 0.15) is 11.5 Å². The molecule has 6 nitrogen and oxygen atoms in total. The summed E-state index contributed by atoms with van der Waals surface area (Å²) in [5, 5.41) is 0. The summed E-state index contributed by atoms with van der Waals surface area (Å²) < 4.78 is 9.81. The zero-order valence-electron chi connectivity index (χ0n) is 10.8. The average Bonchev–Trinajstić information content (AvgIpc) is 2.34. The van der Waals surface area contributed by atoms with Gasteiger partial charge in [-0.15, -0.1) is 0 Å². The Balaban J connectivity index is 2.65. The van der Waals surface area contributed by atoms with Gasteiger partial charge in [-0.05, 0) is 24.3 Å². The zero-order valence-corrected chi connectivity index (χ0v) is 10.8. The zero-order chi connectivity index (χ0) is 14.9. The Labute approximate surface area is 114 Å². The van der Waals surface area contributed by atoms with E-state index in [0.717, 1.165) is 12.2 Å². The first-order chi connectivity index (χ1) is 9.40. The van der Waals surface area contributed by atoms with Crippen molar-refractivity contribution >= 4 is 23.5 Å². The molecule has 0 aromatic heterocycles. The minimum Gasteiger partial charge on any atom is -0.426 e. The van der Waals surface area contributed by atoms with Crippen LogP contribution < -0.4 is 9.47 Å². The highest BCUT2D eigenvalue weighted by Gasteiger charge is 2.28. The number of hydrogen-bond acceptors (Lipinski definition) is 6. The van der Waals surface area contributed by atoms with Gasteiger partial charge >= 0.3 is 11.9 Å². The monoisotopic (exact) mass is 274 g/mol. The molecule has 0 heterocycles. The summed E-state index contributed by atoms with van der Waals surface area (Å²) >= 11 is 0. The molecule has 0 saturated heterocycles. The molecule has 6 heteroatoms. The van der Waals surface area contributed by atoms with Crippen molar-refractivity contribution in [3.8, 4) is 11.5 Å². The number of rotatable bonds is 2. The summed E-state index contributed by atoms with van der Waals surface area (Å²) in [4.78, 5) is 45.9. The Morgan fingerprint density at radius 2 is 1.15 bits per heavy atom. The van der Waals surface area contributed by atoms with Gasteiger partial charge in [0.15, 0.2) is 11.6 Å². The van der Waals surface area contributed by atoms with Gasteiger partial charge in [0, 0.05) is 13.8 Å². The highest BCUT2D eigenvalue weighted by atomic mass is 16.5. The fraction of sp³-hybridized carbons (Fsp3) is 0.143. The summed E-state index contributed by atoms with van der Waals surface area (Å²) in [6, 6.07) is 2.62. The Morgan fingerprint density at radius 1 is 0.800 bits per heavy atom. The van der Waals surface area contributed by atoms with Crippen molar-refractivity contribution in [1.82, 2.24) is 0 Å². The van der Waals surface area contributed by atoms with Gasteiger partial charge in [-0.2, -0.15) is 0 Å². The molecule has 20 heavy (non-hydrogen) atoms. The van der Waals surface area contributed by atoms with Crippen molar-refractivity contribution in [1.29, 1.82) is 0 Å². The third-order valence-electron chi connectivity index (χ3n) is 2.52. The van der Waals surface area contributed by atoms with Gasteiger partial charge in [0.2, 0.25) is 0 Å². The lowest BCUT2D eigenvalue weighted by atomic mass is 9.93. The number of esters is 2. The van der Waals surface area contributed by atoms with Gasteiger partial charge in [-0.3, -0.25) is 19.2 Å². The maximum Gasteiger partial charge on any atom is 0.308 e. The van der Waals surface area contributed by atoms with Crippen LogP contribution in [0.1, 0.15) is 34.6 Å². The van der Waals surface area contributed by atoms with Crippen molar-refractivity contribution in [3.63, 3.8) is 0 Å². The molecule has 102 valence electrons. The summed E-state index contributed by atoms with van der Waals surface area (Å²) in [5.74, 6) is -2.31. The van der Waals surface area contributed by atoms with E-state index in [9.17, 15) is 19.2 Å². The second-order valence-electron chi connectivity index (χ2n) is 4.06. The standard InChI is InChI=1S/C14H10O6/c1-7(15)19-11-5-6-12(20-8(2)16)14-10(18)4-3-9(17)13(11)14/h3-6H,1-2H3. The Hall–Kier alpha value is -2.76. The van der Waals surface area contributed by atoms with Crippen molar-refractivity contribution in [2.24, 2.45) is 0 Å². The lowest BCUT2D eigenvalue weighted by Crippen LogP contribution is -2.17. The van der Waals surface area contributed by atoms with E-state index in [2.05, 4.69) is 0 Å². The van der Waals surface area contributed by atoms with E-state index >= 15 is 0 Å². The number of hydrogen-bond donors (Lipinski definition) is 0. The molecule has 0 fully saturated rings. The molecule has 0 bridgehead atoms. The molecule has 0 unspecified atom stereocenters. The number of carbonyl (C=O) groups is 4. The van der Waals surface area contributed by atoms with Crippen LogP contribution in [0.2, 0.25) is 0 Å². The summed E-state index contributed by atoms with van der Waals surface area (Å²) in [6.07, 6.45) is 2.16. The smallest absolute Gasteiger partial charge is 0.308 e. The predicted molar refractivity (Wildman–Crippen MR) is 66.9 cm³/mol. The lowest BCUT2D eigenvalue weighted by molar-refractivity contribution is -0.133. The topological polar surface area (TPSA) is 86.7 Å². The highest BCUT2D eigenvalue weighted by Crippen LogP contribution is 2.34. The third kappa shape index (κ3) is 2.49. The Bertz CT molecular complexity index is 611. The third-order valence-corrected chi connectivity index (χ3v) is 2.52. The van der Waals surface area contributed by atoms with Gasteiger partial charge < -0.3 is 9.47 Å². The lowest BCUT2D eigenvalue weighted by Gasteiger charge is -2.16. The molecule has 1 aliphatic rings. The Kier molecular flexibility index (Phi) is 3.47. The van der Waals surface area contributed by atoms with E-state index < -0.39 is 23.5 Å². The van der Waals surface area contributed by atoms with Crippen molar-refractivity contribution < 1.29 is 28.7 Å². The van der Waals surface area contributed by atoms with Crippen LogP contribution in [0.25, 0.3) is 0 Å². The number of carbonyl (C=O) groups excluding carboxylic acids is 4. The molecule has 0 radical (unpaired) electrons.